The predicted octanol–water partition coefficient (Wildman–Crippen LogP) is 4.22. The maximum atomic E-state index is 4.40. The summed E-state index contributed by atoms with van der Waals surface area (Å²) in [5.41, 5.74) is 5.25. The molecule has 0 aliphatic carbocycles. The minimum Gasteiger partial charge on any atom is -0.384 e. The monoisotopic (exact) mass is 301 g/mol. The molecule has 0 spiro atoms. The molecule has 0 amide bonds. The number of imidazole rings is 1. The summed E-state index contributed by atoms with van der Waals surface area (Å²) in [6.07, 6.45) is 6.29. The Morgan fingerprint density at radius 3 is 3.19 bits per heavy atom. The Labute approximate surface area is 131 Å². The van der Waals surface area contributed by atoms with Crippen LogP contribution in [0.25, 0.3) is 11.3 Å². The second kappa shape index (κ2) is 6.56. The highest BCUT2D eigenvalue weighted by Crippen LogP contribution is 2.35. The van der Waals surface area contributed by atoms with E-state index in [0.29, 0.717) is 6.04 Å². The zero-order valence-corrected chi connectivity index (χ0v) is 13.6. The second-order valence-corrected chi connectivity index (χ2v) is 6.93. The number of rotatable bonds is 6. The van der Waals surface area contributed by atoms with E-state index in [1.807, 2.05) is 24.3 Å². The van der Waals surface area contributed by atoms with E-state index in [4.69, 9.17) is 0 Å². The molecule has 112 valence electrons. The van der Waals surface area contributed by atoms with Gasteiger partial charge in [0.15, 0.2) is 0 Å². The van der Waals surface area contributed by atoms with Gasteiger partial charge in [0, 0.05) is 23.8 Å². The SMILES string of the molecule is CCSCCC(C)n1cncc1-c1cccc2c1NCC2. The quantitative estimate of drug-likeness (QED) is 0.810. The number of hydrogen-bond acceptors (Lipinski definition) is 3. The maximum absolute atomic E-state index is 4.40. The number of aromatic nitrogens is 2. The van der Waals surface area contributed by atoms with Crippen LogP contribution in [0.3, 0.4) is 0 Å². The minimum absolute atomic E-state index is 0.485. The Kier molecular flexibility index (Phi) is 4.54. The second-order valence-electron chi connectivity index (χ2n) is 5.54. The Balaban J connectivity index is 1.87. The Bertz CT molecular complexity index is 606. The van der Waals surface area contributed by atoms with E-state index in [2.05, 4.69) is 46.9 Å². The van der Waals surface area contributed by atoms with Crippen LogP contribution >= 0.6 is 11.8 Å². The van der Waals surface area contributed by atoms with Gasteiger partial charge in [-0.1, -0.05) is 25.1 Å². The van der Waals surface area contributed by atoms with Gasteiger partial charge in [0.1, 0.15) is 0 Å². The molecule has 4 heteroatoms. The molecule has 21 heavy (non-hydrogen) atoms. The number of anilines is 1. The van der Waals surface area contributed by atoms with Crippen molar-refractivity contribution in [3.05, 3.63) is 36.3 Å². The van der Waals surface area contributed by atoms with Crippen molar-refractivity contribution in [3.63, 3.8) is 0 Å². The van der Waals surface area contributed by atoms with Crippen molar-refractivity contribution >= 4 is 17.4 Å². The number of fused-ring (bicyclic) bond motifs is 1. The Morgan fingerprint density at radius 1 is 1.43 bits per heavy atom. The van der Waals surface area contributed by atoms with Crippen LogP contribution in [-0.2, 0) is 6.42 Å². The smallest absolute Gasteiger partial charge is 0.0953 e. The van der Waals surface area contributed by atoms with E-state index in [1.54, 1.807) is 0 Å². The molecule has 0 radical (unpaired) electrons. The molecule has 2 aromatic rings. The van der Waals surface area contributed by atoms with E-state index in [0.717, 1.165) is 13.0 Å². The van der Waals surface area contributed by atoms with Crippen molar-refractivity contribution in [3.8, 4) is 11.3 Å². The lowest BCUT2D eigenvalue weighted by atomic mass is 10.0. The summed E-state index contributed by atoms with van der Waals surface area (Å²) in [5.74, 6) is 2.40. The lowest BCUT2D eigenvalue weighted by Crippen LogP contribution is -2.07. The summed E-state index contributed by atoms with van der Waals surface area (Å²) in [5, 5.41) is 3.53. The zero-order chi connectivity index (χ0) is 14.7. The van der Waals surface area contributed by atoms with Crippen LogP contribution in [0.1, 0.15) is 31.9 Å². The molecule has 3 rings (SSSR count). The first-order chi connectivity index (χ1) is 10.3. The molecule has 2 heterocycles. The van der Waals surface area contributed by atoms with Crippen LogP contribution in [0, 0.1) is 0 Å². The van der Waals surface area contributed by atoms with Gasteiger partial charge in [-0.05, 0) is 36.8 Å². The summed E-state index contributed by atoms with van der Waals surface area (Å²) in [4.78, 5) is 4.40. The van der Waals surface area contributed by atoms with E-state index in [9.17, 15) is 0 Å². The zero-order valence-electron chi connectivity index (χ0n) is 12.8. The maximum Gasteiger partial charge on any atom is 0.0953 e. The molecule has 1 N–H and O–H groups in total. The molecular formula is C17H23N3S. The number of benzene rings is 1. The fourth-order valence-electron chi connectivity index (χ4n) is 2.95. The van der Waals surface area contributed by atoms with Crippen LogP contribution in [0.4, 0.5) is 5.69 Å². The first kappa shape index (κ1) is 14.5. The van der Waals surface area contributed by atoms with Gasteiger partial charge in [0.2, 0.25) is 0 Å². The fraction of sp³-hybridized carbons (Fsp3) is 0.471. The van der Waals surface area contributed by atoms with E-state index >= 15 is 0 Å². The number of nitrogens with zero attached hydrogens (tertiary/aromatic N) is 2. The topological polar surface area (TPSA) is 29.9 Å². The standard InChI is InChI=1S/C17H23N3S/c1-3-21-10-8-13(2)20-12-18-11-16(20)15-6-4-5-14-7-9-19-17(14)15/h4-6,11-13,19H,3,7-10H2,1-2H3. The average Bonchev–Trinajstić information content (AvgIpc) is 3.15. The first-order valence-corrected chi connectivity index (χ1v) is 8.92. The van der Waals surface area contributed by atoms with Crippen LogP contribution in [0.5, 0.6) is 0 Å². The van der Waals surface area contributed by atoms with Crippen molar-refractivity contribution in [2.75, 3.05) is 23.4 Å². The van der Waals surface area contributed by atoms with Gasteiger partial charge < -0.3 is 9.88 Å². The predicted molar refractivity (Wildman–Crippen MR) is 92.2 cm³/mol. The molecule has 1 aromatic heterocycles. The molecule has 1 atom stereocenters. The van der Waals surface area contributed by atoms with Crippen LogP contribution in [0.15, 0.2) is 30.7 Å². The Morgan fingerprint density at radius 2 is 2.33 bits per heavy atom. The third-order valence-corrected chi connectivity index (χ3v) is 5.08. The molecule has 1 unspecified atom stereocenters. The third kappa shape index (κ3) is 2.95. The molecule has 1 aromatic carbocycles. The highest BCUT2D eigenvalue weighted by atomic mass is 32.2. The van der Waals surface area contributed by atoms with Crippen molar-refractivity contribution in [2.45, 2.75) is 32.7 Å². The highest BCUT2D eigenvalue weighted by molar-refractivity contribution is 7.99. The normalized spacial score (nSPS) is 14.8. The van der Waals surface area contributed by atoms with Gasteiger partial charge >= 0.3 is 0 Å². The van der Waals surface area contributed by atoms with Crippen LogP contribution in [-0.4, -0.2) is 27.6 Å². The van der Waals surface area contributed by atoms with Gasteiger partial charge in [-0.2, -0.15) is 11.8 Å². The number of hydrogen-bond donors (Lipinski definition) is 1. The van der Waals surface area contributed by atoms with Crippen LogP contribution < -0.4 is 5.32 Å². The molecule has 1 aliphatic heterocycles. The summed E-state index contributed by atoms with van der Waals surface area (Å²) in [7, 11) is 0. The van der Waals surface area contributed by atoms with Gasteiger partial charge in [-0.15, -0.1) is 0 Å². The van der Waals surface area contributed by atoms with E-state index in [1.165, 1.54) is 40.4 Å². The fourth-order valence-corrected chi connectivity index (χ4v) is 3.75. The van der Waals surface area contributed by atoms with Crippen molar-refractivity contribution < 1.29 is 0 Å². The molecule has 3 nitrogen and oxygen atoms in total. The van der Waals surface area contributed by atoms with Crippen molar-refractivity contribution in [2.24, 2.45) is 0 Å². The first-order valence-electron chi connectivity index (χ1n) is 7.77. The number of para-hydroxylation sites is 1. The molecule has 1 aliphatic rings. The molecule has 0 saturated heterocycles. The van der Waals surface area contributed by atoms with E-state index in [-0.39, 0.29) is 0 Å². The summed E-state index contributed by atoms with van der Waals surface area (Å²) >= 11 is 2.01. The van der Waals surface area contributed by atoms with Gasteiger partial charge in [0.25, 0.3) is 0 Å². The van der Waals surface area contributed by atoms with Gasteiger partial charge in [-0.25, -0.2) is 4.98 Å². The lowest BCUT2D eigenvalue weighted by Gasteiger charge is -2.18. The average molecular weight is 301 g/mol. The number of thioether (sulfide) groups is 1. The lowest BCUT2D eigenvalue weighted by molar-refractivity contribution is 0.539. The third-order valence-electron chi connectivity index (χ3n) is 4.15. The molecule has 0 bridgehead atoms. The van der Waals surface area contributed by atoms with Gasteiger partial charge in [0.05, 0.1) is 18.2 Å². The minimum atomic E-state index is 0.485. The molecule has 0 saturated carbocycles. The largest absolute Gasteiger partial charge is 0.384 e. The molecular weight excluding hydrogens is 278 g/mol. The Hall–Kier alpha value is -1.42. The van der Waals surface area contributed by atoms with Gasteiger partial charge in [-0.3, -0.25) is 0 Å². The number of nitrogens with one attached hydrogen (secondary N) is 1. The van der Waals surface area contributed by atoms with Crippen molar-refractivity contribution in [1.29, 1.82) is 0 Å². The van der Waals surface area contributed by atoms with Crippen molar-refractivity contribution in [1.82, 2.24) is 9.55 Å². The summed E-state index contributed by atoms with van der Waals surface area (Å²) in [6, 6.07) is 7.08. The summed E-state index contributed by atoms with van der Waals surface area (Å²) < 4.78 is 2.33. The molecule has 0 fully saturated rings. The highest BCUT2D eigenvalue weighted by Gasteiger charge is 2.18. The van der Waals surface area contributed by atoms with E-state index < -0.39 is 0 Å². The van der Waals surface area contributed by atoms with Crippen LogP contribution in [0.2, 0.25) is 0 Å². The summed E-state index contributed by atoms with van der Waals surface area (Å²) in [6.45, 7) is 5.55.